The zero-order valence-electron chi connectivity index (χ0n) is 8.50. The quantitative estimate of drug-likeness (QED) is 0.740. The van der Waals surface area contributed by atoms with Crippen molar-refractivity contribution in [1.29, 1.82) is 0 Å². The number of carbonyl (C=O) groups excluding carboxylic acids is 1. The standard InChI is InChI=1S/C8H14N4O2/c1-4-8(2,14-3)6(13)11-7-9-5-10-12-7/h5H,4H2,1-3H3,(H2,9,10,11,12,13). The Labute approximate surface area is 82.1 Å². The van der Waals surface area contributed by atoms with E-state index in [0.717, 1.165) is 0 Å². The summed E-state index contributed by atoms with van der Waals surface area (Å²) in [6.07, 6.45) is 1.91. The molecule has 0 bridgehead atoms. The predicted octanol–water partition coefficient (Wildman–Crippen LogP) is 0.558. The molecular weight excluding hydrogens is 184 g/mol. The lowest BCUT2D eigenvalue weighted by molar-refractivity contribution is -0.136. The van der Waals surface area contributed by atoms with Gasteiger partial charge in [-0.3, -0.25) is 10.1 Å². The van der Waals surface area contributed by atoms with Crippen LogP contribution in [-0.4, -0.2) is 33.8 Å². The molecule has 6 nitrogen and oxygen atoms in total. The number of aromatic nitrogens is 3. The van der Waals surface area contributed by atoms with Crippen LogP contribution < -0.4 is 5.32 Å². The van der Waals surface area contributed by atoms with E-state index in [4.69, 9.17) is 4.74 Å². The number of anilines is 1. The van der Waals surface area contributed by atoms with Crippen LogP contribution in [0.15, 0.2) is 6.33 Å². The summed E-state index contributed by atoms with van der Waals surface area (Å²) in [5.74, 6) is 0.0889. The van der Waals surface area contributed by atoms with Crippen LogP contribution >= 0.6 is 0 Å². The molecule has 0 aliphatic carbocycles. The minimum Gasteiger partial charge on any atom is -0.369 e. The van der Waals surface area contributed by atoms with Gasteiger partial charge < -0.3 is 4.74 Å². The molecule has 0 aromatic carbocycles. The van der Waals surface area contributed by atoms with Crippen LogP contribution in [0.25, 0.3) is 0 Å². The lowest BCUT2D eigenvalue weighted by atomic mass is 10.0. The van der Waals surface area contributed by atoms with Crippen molar-refractivity contribution < 1.29 is 9.53 Å². The Morgan fingerprint density at radius 1 is 1.79 bits per heavy atom. The van der Waals surface area contributed by atoms with E-state index >= 15 is 0 Å². The summed E-state index contributed by atoms with van der Waals surface area (Å²) in [6.45, 7) is 3.60. The second-order valence-corrected chi connectivity index (χ2v) is 3.08. The molecule has 0 saturated heterocycles. The highest BCUT2D eigenvalue weighted by atomic mass is 16.5. The Morgan fingerprint density at radius 3 is 2.93 bits per heavy atom. The van der Waals surface area contributed by atoms with E-state index in [-0.39, 0.29) is 5.91 Å². The molecule has 14 heavy (non-hydrogen) atoms. The van der Waals surface area contributed by atoms with Gasteiger partial charge in [0.05, 0.1) is 0 Å². The third-order valence-corrected chi connectivity index (χ3v) is 2.25. The number of H-pyrrole nitrogens is 1. The number of nitrogens with zero attached hydrogens (tertiary/aromatic N) is 2. The number of carbonyl (C=O) groups is 1. The second kappa shape index (κ2) is 4.19. The highest BCUT2D eigenvalue weighted by Gasteiger charge is 2.31. The van der Waals surface area contributed by atoms with Gasteiger partial charge in [-0.25, -0.2) is 5.10 Å². The van der Waals surface area contributed by atoms with E-state index in [0.29, 0.717) is 12.4 Å². The van der Waals surface area contributed by atoms with E-state index in [1.807, 2.05) is 6.92 Å². The van der Waals surface area contributed by atoms with Crippen LogP contribution in [-0.2, 0) is 9.53 Å². The largest absolute Gasteiger partial charge is 0.369 e. The van der Waals surface area contributed by atoms with E-state index in [1.54, 1.807) is 6.92 Å². The Bertz CT molecular complexity index is 292. The summed E-state index contributed by atoms with van der Waals surface area (Å²) in [6, 6.07) is 0. The van der Waals surface area contributed by atoms with E-state index < -0.39 is 5.60 Å². The average Bonchev–Trinajstić information content (AvgIpc) is 2.69. The molecule has 1 aromatic heterocycles. The Morgan fingerprint density at radius 2 is 2.50 bits per heavy atom. The number of nitrogens with one attached hydrogen (secondary N) is 2. The smallest absolute Gasteiger partial charge is 0.258 e. The van der Waals surface area contributed by atoms with Gasteiger partial charge in [-0.15, -0.1) is 0 Å². The van der Waals surface area contributed by atoms with Crippen molar-refractivity contribution in [2.45, 2.75) is 25.9 Å². The van der Waals surface area contributed by atoms with Crippen molar-refractivity contribution in [1.82, 2.24) is 15.2 Å². The van der Waals surface area contributed by atoms with Crippen LogP contribution in [0.5, 0.6) is 0 Å². The molecule has 6 heteroatoms. The number of aromatic amines is 1. The summed E-state index contributed by atoms with van der Waals surface area (Å²) < 4.78 is 5.12. The van der Waals surface area contributed by atoms with Gasteiger partial charge in [-0.1, -0.05) is 6.92 Å². The fraction of sp³-hybridized carbons (Fsp3) is 0.625. The van der Waals surface area contributed by atoms with Gasteiger partial charge in [-0.2, -0.15) is 10.1 Å². The first kappa shape index (κ1) is 10.6. The minimum atomic E-state index is -0.827. The molecule has 78 valence electrons. The number of rotatable bonds is 4. The van der Waals surface area contributed by atoms with Gasteiger partial charge in [0, 0.05) is 7.11 Å². The average molecular weight is 198 g/mol. The summed E-state index contributed by atoms with van der Waals surface area (Å²) >= 11 is 0. The summed E-state index contributed by atoms with van der Waals surface area (Å²) in [4.78, 5) is 15.5. The second-order valence-electron chi connectivity index (χ2n) is 3.08. The van der Waals surface area contributed by atoms with Gasteiger partial charge in [0.1, 0.15) is 11.9 Å². The molecule has 1 unspecified atom stereocenters. The van der Waals surface area contributed by atoms with Crippen LogP contribution in [0, 0.1) is 0 Å². The molecule has 0 radical (unpaired) electrons. The summed E-state index contributed by atoms with van der Waals surface area (Å²) in [5, 5.41) is 8.73. The van der Waals surface area contributed by atoms with Gasteiger partial charge >= 0.3 is 0 Å². The minimum absolute atomic E-state index is 0.237. The van der Waals surface area contributed by atoms with Crippen LogP contribution in [0.2, 0.25) is 0 Å². The SMILES string of the molecule is CCC(C)(OC)C(=O)Nc1ncn[nH]1. The van der Waals surface area contributed by atoms with Gasteiger partial charge in [0.15, 0.2) is 0 Å². The summed E-state index contributed by atoms with van der Waals surface area (Å²) in [5.41, 5.74) is -0.827. The summed E-state index contributed by atoms with van der Waals surface area (Å²) in [7, 11) is 1.50. The first-order valence-electron chi connectivity index (χ1n) is 4.34. The molecule has 0 aliphatic heterocycles. The highest BCUT2D eigenvalue weighted by Crippen LogP contribution is 2.15. The van der Waals surface area contributed by atoms with Crippen molar-refractivity contribution in [3.8, 4) is 0 Å². The number of hydrogen-bond donors (Lipinski definition) is 2. The van der Waals surface area contributed by atoms with E-state index in [2.05, 4.69) is 20.5 Å². The molecule has 1 atom stereocenters. The lowest BCUT2D eigenvalue weighted by Gasteiger charge is -2.24. The van der Waals surface area contributed by atoms with Crippen molar-refractivity contribution in [3.05, 3.63) is 6.33 Å². The molecule has 0 saturated carbocycles. The normalized spacial score (nSPS) is 14.8. The first-order valence-corrected chi connectivity index (χ1v) is 4.34. The molecule has 1 aromatic rings. The third kappa shape index (κ3) is 2.08. The van der Waals surface area contributed by atoms with E-state index in [9.17, 15) is 4.79 Å². The monoisotopic (exact) mass is 198 g/mol. The fourth-order valence-corrected chi connectivity index (χ4v) is 0.903. The van der Waals surface area contributed by atoms with Crippen molar-refractivity contribution >= 4 is 11.9 Å². The zero-order chi connectivity index (χ0) is 10.6. The molecule has 1 heterocycles. The Kier molecular flexibility index (Phi) is 3.19. The topological polar surface area (TPSA) is 79.9 Å². The molecular formula is C8H14N4O2. The number of hydrogen-bond acceptors (Lipinski definition) is 4. The molecule has 0 aliphatic rings. The molecule has 1 amide bonds. The Balaban J connectivity index is 2.66. The maximum atomic E-state index is 11.7. The van der Waals surface area contributed by atoms with Crippen molar-refractivity contribution in [2.75, 3.05) is 12.4 Å². The van der Waals surface area contributed by atoms with Crippen LogP contribution in [0.4, 0.5) is 5.95 Å². The third-order valence-electron chi connectivity index (χ3n) is 2.25. The van der Waals surface area contributed by atoms with Crippen LogP contribution in [0.1, 0.15) is 20.3 Å². The maximum absolute atomic E-state index is 11.7. The number of methoxy groups -OCH3 is 1. The number of ether oxygens (including phenoxy) is 1. The molecule has 2 N–H and O–H groups in total. The number of amides is 1. The van der Waals surface area contributed by atoms with E-state index in [1.165, 1.54) is 13.4 Å². The molecule has 0 fully saturated rings. The Hall–Kier alpha value is -1.43. The van der Waals surface area contributed by atoms with Crippen molar-refractivity contribution in [3.63, 3.8) is 0 Å². The van der Waals surface area contributed by atoms with Gasteiger partial charge in [0.25, 0.3) is 5.91 Å². The van der Waals surface area contributed by atoms with Crippen LogP contribution in [0.3, 0.4) is 0 Å². The van der Waals surface area contributed by atoms with Crippen molar-refractivity contribution in [2.24, 2.45) is 0 Å². The molecule has 0 spiro atoms. The lowest BCUT2D eigenvalue weighted by Crippen LogP contribution is -2.41. The fourth-order valence-electron chi connectivity index (χ4n) is 0.903. The predicted molar refractivity (Wildman–Crippen MR) is 50.7 cm³/mol. The highest BCUT2D eigenvalue weighted by molar-refractivity contribution is 5.95. The zero-order valence-corrected chi connectivity index (χ0v) is 8.50. The molecule has 1 rings (SSSR count). The van der Waals surface area contributed by atoms with Gasteiger partial charge in [0.2, 0.25) is 5.95 Å². The van der Waals surface area contributed by atoms with Gasteiger partial charge in [-0.05, 0) is 13.3 Å². The maximum Gasteiger partial charge on any atom is 0.258 e. The first-order chi connectivity index (χ1) is 6.62.